The smallest absolute Gasteiger partial charge is 0.257 e. The lowest BCUT2D eigenvalue weighted by molar-refractivity contribution is 0.102. The fourth-order valence-electron chi connectivity index (χ4n) is 2.91. The summed E-state index contributed by atoms with van der Waals surface area (Å²) >= 11 is 3.39. The molecule has 0 atom stereocenters. The molecule has 0 aliphatic carbocycles. The minimum Gasteiger partial charge on any atom is -0.320 e. The summed E-state index contributed by atoms with van der Waals surface area (Å²) in [5, 5.41) is 11.6. The summed E-state index contributed by atoms with van der Waals surface area (Å²) in [6.07, 6.45) is 5.07. The monoisotopic (exact) mass is 436 g/mol. The molecular weight excluding hydrogens is 420 g/mol. The molecule has 140 valence electrons. The molecule has 0 spiro atoms. The number of aryl methyl sites for hydroxylation is 2. The van der Waals surface area contributed by atoms with Gasteiger partial charge in [-0.2, -0.15) is 10.2 Å². The molecule has 3 aromatic heterocycles. The molecule has 1 amide bonds. The van der Waals surface area contributed by atoms with Gasteiger partial charge in [0.1, 0.15) is 0 Å². The number of halogens is 1. The third kappa shape index (κ3) is 3.59. The molecule has 1 aromatic carbocycles. The maximum atomic E-state index is 12.7. The summed E-state index contributed by atoms with van der Waals surface area (Å²) < 4.78 is 4.31. The van der Waals surface area contributed by atoms with E-state index in [0.717, 1.165) is 21.5 Å². The molecule has 1 N–H and O–H groups in total. The lowest BCUT2D eigenvalue weighted by Gasteiger charge is -2.11. The molecule has 0 fully saturated rings. The number of nitrogens with zero attached hydrogens (tertiary/aromatic N) is 5. The number of anilines is 1. The molecule has 0 saturated carbocycles. The molecular formula is C20H17BrN6O. The lowest BCUT2D eigenvalue weighted by atomic mass is 10.2. The summed E-state index contributed by atoms with van der Waals surface area (Å²) in [6, 6.07) is 13.0. The molecule has 0 bridgehead atoms. The van der Waals surface area contributed by atoms with Crippen molar-refractivity contribution in [3.05, 3.63) is 82.5 Å². The molecule has 0 radical (unpaired) electrons. The summed E-state index contributed by atoms with van der Waals surface area (Å²) in [6.45, 7) is 3.90. The highest BCUT2D eigenvalue weighted by Crippen LogP contribution is 2.22. The van der Waals surface area contributed by atoms with E-state index in [1.807, 2.05) is 50.4 Å². The van der Waals surface area contributed by atoms with E-state index >= 15 is 0 Å². The highest BCUT2D eigenvalue weighted by atomic mass is 79.9. The van der Waals surface area contributed by atoms with Gasteiger partial charge in [0, 0.05) is 18.1 Å². The Hall–Kier alpha value is -3.26. The number of benzene rings is 1. The van der Waals surface area contributed by atoms with Gasteiger partial charge in [0.15, 0.2) is 5.82 Å². The van der Waals surface area contributed by atoms with Gasteiger partial charge in [-0.25, -0.2) is 14.3 Å². The van der Waals surface area contributed by atoms with Crippen LogP contribution in [0.25, 0.3) is 11.5 Å². The van der Waals surface area contributed by atoms with Crippen molar-refractivity contribution in [3.8, 4) is 11.5 Å². The first-order valence-electron chi connectivity index (χ1n) is 8.62. The quantitative estimate of drug-likeness (QED) is 0.522. The minimum absolute atomic E-state index is 0.244. The third-order valence-corrected chi connectivity index (χ3v) is 4.60. The number of nitrogens with one attached hydrogen (secondary N) is 1. The van der Waals surface area contributed by atoms with Crippen LogP contribution in [0.3, 0.4) is 0 Å². The van der Waals surface area contributed by atoms with Crippen LogP contribution in [0.1, 0.15) is 21.7 Å². The fourth-order valence-corrected chi connectivity index (χ4v) is 3.20. The number of aromatic nitrogens is 5. The van der Waals surface area contributed by atoms with Gasteiger partial charge in [-0.3, -0.25) is 4.79 Å². The van der Waals surface area contributed by atoms with Crippen molar-refractivity contribution in [2.45, 2.75) is 13.8 Å². The first-order chi connectivity index (χ1) is 13.5. The first kappa shape index (κ1) is 18.1. The van der Waals surface area contributed by atoms with Crippen molar-refractivity contribution < 1.29 is 4.79 Å². The number of amides is 1. The second-order valence-corrected chi connectivity index (χ2v) is 7.23. The van der Waals surface area contributed by atoms with Crippen LogP contribution >= 0.6 is 15.9 Å². The van der Waals surface area contributed by atoms with Crippen LogP contribution in [0, 0.1) is 13.8 Å². The summed E-state index contributed by atoms with van der Waals surface area (Å²) in [5.41, 5.74) is 3.80. The highest BCUT2D eigenvalue weighted by molar-refractivity contribution is 9.10. The fraction of sp³-hybridized carbons (Fsp3) is 0.100. The molecule has 0 saturated heterocycles. The molecule has 4 rings (SSSR count). The summed E-state index contributed by atoms with van der Waals surface area (Å²) in [7, 11) is 0. The van der Waals surface area contributed by atoms with E-state index in [0.29, 0.717) is 17.1 Å². The van der Waals surface area contributed by atoms with Crippen molar-refractivity contribution in [1.82, 2.24) is 24.5 Å². The number of carbonyl (C=O) groups is 1. The van der Waals surface area contributed by atoms with Crippen LogP contribution in [0.5, 0.6) is 0 Å². The number of carbonyl (C=O) groups excluding carboxylic acids is 1. The van der Waals surface area contributed by atoms with Crippen LogP contribution in [0.2, 0.25) is 0 Å². The maximum absolute atomic E-state index is 12.7. The minimum atomic E-state index is -0.244. The van der Waals surface area contributed by atoms with E-state index in [1.54, 1.807) is 33.9 Å². The molecule has 0 aliphatic rings. The Labute approximate surface area is 170 Å². The SMILES string of the molecule is Cc1cc(C)n(-c2ccc(C(=O)Nc3ccccc3-n3cc(Br)cn3)cn2)n1. The Morgan fingerprint density at radius 2 is 1.93 bits per heavy atom. The molecule has 3 heterocycles. The first-order valence-corrected chi connectivity index (χ1v) is 9.41. The van der Waals surface area contributed by atoms with Crippen LogP contribution in [-0.2, 0) is 0 Å². The lowest BCUT2D eigenvalue weighted by Crippen LogP contribution is -2.14. The van der Waals surface area contributed by atoms with Gasteiger partial charge in [0.05, 0.1) is 33.3 Å². The second kappa shape index (κ2) is 7.40. The number of rotatable bonds is 4. The third-order valence-electron chi connectivity index (χ3n) is 4.19. The molecule has 0 unspecified atom stereocenters. The number of para-hydroxylation sites is 2. The zero-order valence-corrected chi connectivity index (χ0v) is 16.9. The van der Waals surface area contributed by atoms with Gasteiger partial charge >= 0.3 is 0 Å². The van der Waals surface area contributed by atoms with E-state index in [2.05, 4.69) is 36.4 Å². The van der Waals surface area contributed by atoms with Crippen LogP contribution in [0.4, 0.5) is 5.69 Å². The Kier molecular flexibility index (Phi) is 4.79. The normalized spacial score (nSPS) is 10.8. The predicted octanol–water partition coefficient (Wildman–Crippen LogP) is 4.08. The number of hydrogen-bond donors (Lipinski definition) is 1. The summed E-state index contributed by atoms with van der Waals surface area (Å²) in [4.78, 5) is 17.1. The number of pyridine rings is 1. The molecule has 8 heteroatoms. The molecule has 28 heavy (non-hydrogen) atoms. The standard InChI is InChI=1S/C20H17BrN6O/c1-13-9-14(2)27(25-13)19-8-7-15(10-22-19)20(28)24-17-5-3-4-6-18(17)26-12-16(21)11-23-26/h3-12H,1-2H3,(H,24,28). The van der Waals surface area contributed by atoms with Gasteiger partial charge in [-0.1, -0.05) is 12.1 Å². The average Bonchev–Trinajstić information content (AvgIpc) is 3.27. The summed E-state index contributed by atoms with van der Waals surface area (Å²) in [5.74, 6) is 0.426. The van der Waals surface area contributed by atoms with Crippen LogP contribution in [-0.4, -0.2) is 30.5 Å². The molecule has 0 aliphatic heterocycles. The van der Waals surface area contributed by atoms with E-state index in [1.165, 1.54) is 0 Å². The Bertz CT molecular complexity index is 1150. The van der Waals surface area contributed by atoms with Crippen LogP contribution < -0.4 is 5.32 Å². The van der Waals surface area contributed by atoms with E-state index in [9.17, 15) is 4.79 Å². The van der Waals surface area contributed by atoms with Gasteiger partial charge in [-0.05, 0) is 60.1 Å². The Morgan fingerprint density at radius 3 is 2.57 bits per heavy atom. The van der Waals surface area contributed by atoms with Crippen molar-refractivity contribution >= 4 is 27.5 Å². The predicted molar refractivity (Wildman–Crippen MR) is 110 cm³/mol. The zero-order chi connectivity index (χ0) is 19.7. The maximum Gasteiger partial charge on any atom is 0.257 e. The van der Waals surface area contributed by atoms with Gasteiger partial charge < -0.3 is 5.32 Å². The Balaban J connectivity index is 1.57. The van der Waals surface area contributed by atoms with E-state index in [-0.39, 0.29) is 5.91 Å². The van der Waals surface area contributed by atoms with E-state index < -0.39 is 0 Å². The number of hydrogen-bond acceptors (Lipinski definition) is 4. The zero-order valence-electron chi connectivity index (χ0n) is 15.3. The van der Waals surface area contributed by atoms with Gasteiger partial charge in [-0.15, -0.1) is 0 Å². The molecule has 7 nitrogen and oxygen atoms in total. The molecule has 4 aromatic rings. The van der Waals surface area contributed by atoms with Crippen molar-refractivity contribution in [2.75, 3.05) is 5.32 Å². The van der Waals surface area contributed by atoms with Crippen LogP contribution in [0.15, 0.2) is 65.5 Å². The van der Waals surface area contributed by atoms with E-state index in [4.69, 9.17) is 0 Å². The topological polar surface area (TPSA) is 77.6 Å². The van der Waals surface area contributed by atoms with Gasteiger partial charge in [0.25, 0.3) is 5.91 Å². The van der Waals surface area contributed by atoms with Crippen molar-refractivity contribution in [1.29, 1.82) is 0 Å². The Morgan fingerprint density at radius 1 is 1.11 bits per heavy atom. The largest absolute Gasteiger partial charge is 0.320 e. The van der Waals surface area contributed by atoms with Crippen molar-refractivity contribution in [2.24, 2.45) is 0 Å². The van der Waals surface area contributed by atoms with Crippen molar-refractivity contribution in [3.63, 3.8) is 0 Å². The highest BCUT2D eigenvalue weighted by Gasteiger charge is 2.12. The second-order valence-electron chi connectivity index (χ2n) is 6.32. The van der Waals surface area contributed by atoms with Gasteiger partial charge in [0.2, 0.25) is 0 Å². The average molecular weight is 437 g/mol.